The quantitative estimate of drug-likeness (QED) is 0.740. The summed E-state index contributed by atoms with van der Waals surface area (Å²) in [6.45, 7) is 4.00. The molecule has 0 atom stereocenters. The Bertz CT molecular complexity index is 563. The molecule has 5 heteroatoms. The number of benzene rings is 1. The number of nitrogens with zero attached hydrogens (tertiary/aromatic N) is 2. The molecule has 0 bridgehead atoms. The van der Waals surface area contributed by atoms with Crippen molar-refractivity contribution in [3.05, 3.63) is 39.5 Å². The van der Waals surface area contributed by atoms with Crippen molar-refractivity contribution < 1.29 is 5.11 Å². The Morgan fingerprint density at radius 1 is 1.31 bits per heavy atom. The lowest BCUT2D eigenvalue weighted by molar-refractivity contribution is 0.435. The van der Waals surface area contributed by atoms with Gasteiger partial charge in [0, 0.05) is 0 Å². The Morgan fingerprint density at radius 3 is 2.44 bits per heavy atom. The highest BCUT2D eigenvalue weighted by molar-refractivity contribution is 7.07. The Morgan fingerprint density at radius 2 is 1.94 bits per heavy atom. The first-order valence-corrected chi connectivity index (χ1v) is 5.73. The molecule has 0 aliphatic carbocycles. The van der Waals surface area contributed by atoms with Crippen LogP contribution in [-0.2, 0) is 0 Å². The van der Waals surface area contributed by atoms with Crippen LogP contribution >= 0.6 is 11.3 Å². The third-order valence-electron chi connectivity index (χ3n) is 2.37. The maximum absolute atomic E-state index is 9.35. The molecule has 0 saturated heterocycles. The van der Waals surface area contributed by atoms with Gasteiger partial charge >= 0.3 is 0 Å². The van der Waals surface area contributed by atoms with E-state index in [1.807, 2.05) is 32.0 Å². The zero-order valence-electron chi connectivity index (χ0n) is 9.14. The molecule has 4 nitrogen and oxygen atoms in total. The van der Waals surface area contributed by atoms with Crippen LogP contribution in [-0.4, -0.2) is 9.78 Å². The van der Waals surface area contributed by atoms with E-state index in [-0.39, 0.29) is 5.88 Å². The summed E-state index contributed by atoms with van der Waals surface area (Å²) in [7, 11) is 0. The fraction of sp³-hybridized carbons (Fsp3) is 0.182. The van der Waals surface area contributed by atoms with Crippen molar-refractivity contribution in [1.29, 1.82) is 0 Å². The highest BCUT2D eigenvalue weighted by Crippen LogP contribution is 2.22. The molecule has 0 aliphatic rings. The lowest BCUT2D eigenvalue weighted by Gasteiger charge is -2.03. The van der Waals surface area contributed by atoms with E-state index >= 15 is 0 Å². The van der Waals surface area contributed by atoms with Crippen molar-refractivity contribution in [2.45, 2.75) is 13.8 Å². The smallest absolute Gasteiger partial charge is 0.222 e. The first kappa shape index (κ1) is 10.8. The Balaban J connectivity index is 2.64. The van der Waals surface area contributed by atoms with Gasteiger partial charge in [0.1, 0.15) is 0 Å². The maximum atomic E-state index is 9.35. The minimum absolute atomic E-state index is 0.0231. The molecule has 84 valence electrons. The van der Waals surface area contributed by atoms with Gasteiger partial charge in [0.25, 0.3) is 0 Å². The molecule has 0 saturated carbocycles. The number of nitrogen functional groups attached to an aromatic ring is 1. The number of hydrogen-bond acceptors (Lipinski definition) is 4. The summed E-state index contributed by atoms with van der Waals surface area (Å²) in [5.41, 5.74) is 3.09. The monoisotopic (exact) mass is 235 g/mol. The Kier molecular flexibility index (Phi) is 2.70. The zero-order chi connectivity index (χ0) is 11.7. The van der Waals surface area contributed by atoms with Crippen molar-refractivity contribution in [2.24, 2.45) is 4.99 Å². The van der Waals surface area contributed by atoms with E-state index in [9.17, 15) is 5.11 Å². The number of aromatic nitrogens is 1. The van der Waals surface area contributed by atoms with E-state index in [1.165, 1.54) is 16.0 Å². The van der Waals surface area contributed by atoms with Crippen molar-refractivity contribution in [3.8, 4) is 5.88 Å². The molecule has 1 aromatic heterocycles. The van der Waals surface area contributed by atoms with Gasteiger partial charge in [-0.15, -0.1) is 0 Å². The normalized spacial score (nSPS) is 12.0. The van der Waals surface area contributed by atoms with Gasteiger partial charge in [-0.1, -0.05) is 29.5 Å². The van der Waals surface area contributed by atoms with Crippen LogP contribution in [0.15, 0.2) is 28.6 Å². The van der Waals surface area contributed by atoms with Gasteiger partial charge in [0.2, 0.25) is 10.7 Å². The van der Waals surface area contributed by atoms with Gasteiger partial charge in [-0.05, 0) is 25.0 Å². The molecule has 1 heterocycles. The summed E-state index contributed by atoms with van der Waals surface area (Å²) < 4.78 is 1.18. The molecule has 16 heavy (non-hydrogen) atoms. The van der Waals surface area contributed by atoms with E-state index in [0.717, 1.165) is 16.8 Å². The number of aryl methyl sites for hydroxylation is 2. The van der Waals surface area contributed by atoms with Crippen molar-refractivity contribution in [2.75, 3.05) is 5.84 Å². The van der Waals surface area contributed by atoms with Crippen LogP contribution < -0.4 is 10.6 Å². The topological polar surface area (TPSA) is 63.5 Å². The summed E-state index contributed by atoms with van der Waals surface area (Å²) in [4.78, 5) is 5.04. The van der Waals surface area contributed by atoms with Crippen LogP contribution in [0.1, 0.15) is 11.1 Å². The molecular weight excluding hydrogens is 222 g/mol. The molecule has 0 unspecified atom stereocenters. The lowest BCUT2D eigenvalue weighted by atomic mass is 10.1. The molecule has 0 amide bonds. The second-order valence-electron chi connectivity index (χ2n) is 3.60. The molecule has 2 aromatic rings. The predicted molar refractivity (Wildman–Crippen MR) is 65.3 cm³/mol. The van der Waals surface area contributed by atoms with Gasteiger partial charge in [0.05, 0.1) is 11.1 Å². The standard InChI is InChI=1S/C11H13N3OS/c1-7-4-3-5-8(2)10(7)13-11-14(12)9(15)6-16-11/h3-6,15H,12H2,1-2H3. The summed E-state index contributed by atoms with van der Waals surface area (Å²) in [5, 5.41) is 10.9. The molecule has 1 aromatic carbocycles. The Labute approximate surface area is 97.3 Å². The van der Waals surface area contributed by atoms with E-state index in [4.69, 9.17) is 5.84 Å². The fourth-order valence-corrected chi connectivity index (χ4v) is 2.15. The number of para-hydroxylation sites is 1. The summed E-state index contributed by atoms with van der Waals surface area (Å²) in [5.74, 6) is 5.66. The summed E-state index contributed by atoms with van der Waals surface area (Å²) in [6, 6.07) is 5.99. The number of thiazole rings is 1. The van der Waals surface area contributed by atoms with Gasteiger partial charge in [0.15, 0.2) is 0 Å². The van der Waals surface area contributed by atoms with Crippen LogP contribution in [0.2, 0.25) is 0 Å². The Hall–Kier alpha value is -1.75. The first-order chi connectivity index (χ1) is 7.59. The average Bonchev–Trinajstić information content (AvgIpc) is 2.55. The summed E-state index contributed by atoms with van der Waals surface area (Å²) in [6.07, 6.45) is 0. The molecule has 0 aliphatic heterocycles. The molecule has 0 spiro atoms. The second-order valence-corrected chi connectivity index (χ2v) is 4.44. The molecule has 2 rings (SSSR count). The van der Waals surface area contributed by atoms with Crippen LogP contribution in [0.25, 0.3) is 0 Å². The number of nitrogens with two attached hydrogens (primary N) is 1. The average molecular weight is 235 g/mol. The molecular formula is C11H13N3OS. The molecule has 3 N–H and O–H groups in total. The highest BCUT2D eigenvalue weighted by atomic mass is 32.1. The van der Waals surface area contributed by atoms with Gasteiger partial charge in [-0.2, -0.15) is 0 Å². The number of rotatable bonds is 1. The second kappa shape index (κ2) is 4.02. The minimum Gasteiger partial charge on any atom is -0.493 e. The van der Waals surface area contributed by atoms with Gasteiger partial charge in [-0.3, -0.25) is 0 Å². The van der Waals surface area contributed by atoms with Crippen molar-refractivity contribution in [3.63, 3.8) is 0 Å². The molecule has 0 radical (unpaired) electrons. The van der Waals surface area contributed by atoms with Crippen LogP contribution in [0.4, 0.5) is 5.69 Å². The van der Waals surface area contributed by atoms with Crippen LogP contribution in [0.5, 0.6) is 5.88 Å². The fourth-order valence-electron chi connectivity index (χ4n) is 1.47. The first-order valence-electron chi connectivity index (χ1n) is 4.85. The lowest BCUT2D eigenvalue weighted by Crippen LogP contribution is -2.21. The van der Waals surface area contributed by atoms with Crippen LogP contribution in [0.3, 0.4) is 0 Å². The summed E-state index contributed by atoms with van der Waals surface area (Å²) >= 11 is 1.31. The van der Waals surface area contributed by atoms with Crippen molar-refractivity contribution >= 4 is 17.0 Å². The van der Waals surface area contributed by atoms with Gasteiger partial charge in [-0.25, -0.2) is 9.67 Å². The van der Waals surface area contributed by atoms with Gasteiger partial charge < -0.3 is 10.9 Å². The highest BCUT2D eigenvalue weighted by Gasteiger charge is 2.03. The number of hydrogen-bond donors (Lipinski definition) is 2. The minimum atomic E-state index is 0.0231. The molecule has 0 fully saturated rings. The third-order valence-corrected chi connectivity index (χ3v) is 3.20. The van der Waals surface area contributed by atoms with Crippen LogP contribution in [0, 0.1) is 13.8 Å². The SMILES string of the molecule is Cc1cccc(C)c1N=c1scc(O)n1N. The van der Waals surface area contributed by atoms with E-state index < -0.39 is 0 Å². The van der Waals surface area contributed by atoms with Crippen molar-refractivity contribution in [1.82, 2.24) is 4.68 Å². The zero-order valence-corrected chi connectivity index (χ0v) is 9.95. The largest absolute Gasteiger partial charge is 0.493 e. The maximum Gasteiger partial charge on any atom is 0.222 e. The number of aromatic hydroxyl groups is 1. The predicted octanol–water partition coefficient (Wildman–Crippen LogP) is 1.82. The van der Waals surface area contributed by atoms with E-state index in [0.29, 0.717) is 4.80 Å². The van der Waals surface area contributed by atoms with E-state index in [2.05, 4.69) is 4.99 Å². The third kappa shape index (κ3) is 1.81. The van der Waals surface area contributed by atoms with E-state index in [1.54, 1.807) is 5.38 Å².